The number of halogens is 1. The van der Waals surface area contributed by atoms with E-state index in [2.05, 4.69) is 0 Å². The standard InChI is InChI=1S/C16H19FN2O/c1-4-19(12-7-5-6-11(2)8-12)15-10-16(20-3)14(18)9-13(15)17/h5-10H,4,18H2,1-3H3. The van der Waals surface area contributed by atoms with E-state index in [1.807, 2.05) is 43.0 Å². The Morgan fingerprint density at radius 3 is 2.60 bits per heavy atom. The van der Waals surface area contributed by atoms with Crippen molar-refractivity contribution in [1.29, 1.82) is 0 Å². The van der Waals surface area contributed by atoms with Gasteiger partial charge in [-0.2, -0.15) is 0 Å². The molecule has 4 heteroatoms. The van der Waals surface area contributed by atoms with Crippen molar-refractivity contribution in [3.05, 3.63) is 47.8 Å². The van der Waals surface area contributed by atoms with Crippen LogP contribution in [-0.4, -0.2) is 13.7 Å². The summed E-state index contributed by atoms with van der Waals surface area (Å²) in [5, 5.41) is 0. The molecule has 0 aromatic heterocycles. The second kappa shape index (κ2) is 5.82. The van der Waals surface area contributed by atoms with Gasteiger partial charge in [-0.15, -0.1) is 0 Å². The van der Waals surface area contributed by atoms with E-state index < -0.39 is 0 Å². The highest BCUT2D eigenvalue weighted by Gasteiger charge is 2.15. The van der Waals surface area contributed by atoms with Crippen molar-refractivity contribution >= 4 is 17.1 Å². The van der Waals surface area contributed by atoms with Crippen LogP contribution in [0.1, 0.15) is 12.5 Å². The van der Waals surface area contributed by atoms with Gasteiger partial charge in [-0.1, -0.05) is 12.1 Å². The van der Waals surface area contributed by atoms with Crippen LogP contribution in [0.2, 0.25) is 0 Å². The van der Waals surface area contributed by atoms with Crippen LogP contribution in [0.3, 0.4) is 0 Å². The number of hydrogen-bond acceptors (Lipinski definition) is 3. The first-order valence-corrected chi connectivity index (χ1v) is 6.54. The molecule has 2 aromatic carbocycles. The van der Waals surface area contributed by atoms with Gasteiger partial charge in [-0.25, -0.2) is 4.39 Å². The molecule has 106 valence electrons. The Hall–Kier alpha value is -2.23. The third-order valence-electron chi connectivity index (χ3n) is 3.22. The molecule has 2 aromatic rings. The molecule has 0 aliphatic carbocycles. The smallest absolute Gasteiger partial charge is 0.149 e. The molecule has 2 N–H and O–H groups in total. The summed E-state index contributed by atoms with van der Waals surface area (Å²) in [6, 6.07) is 10.9. The lowest BCUT2D eigenvalue weighted by Gasteiger charge is -2.25. The zero-order chi connectivity index (χ0) is 14.7. The number of ether oxygens (including phenoxy) is 1. The maximum absolute atomic E-state index is 14.2. The Kier molecular flexibility index (Phi) is 4.13. The number of nitrogens with two attached hydrogens (primary N) is 1. The molecule has 3 nitrogen and oxygen atoms in total. The number of rotatable bonds is 4. The third-order valence-corrected chi connectivity index (χ3v) is 3.22. The normalized spacial score (nSPS) is 10.4. The second-order valence-electron chi connectivity index (χ2n) is 4.63. The highest BCUT2D eigenvalue weighted by molar-refractivity contribution is 5.70. The van der Waals surface area contributed by atoms with Crippen LogP contribution in [0.25, 0.3) is 0 Å². The fourth-order valence-electron chi connectivity index (χ4n) is 2.23. The molecule has 0 amide bonds. The van der Waals surface area contributed by atoms with E-state index in [4.69, 9.17) is 10.5 Å². The average Bonchev–Trinajstić information content (AvgIpc) is 2.42. The van der Waals surface area contributed by atoms with Crippen molar-refractivity contribution in [2.24, 2.45) is 0 Å². The number of nitrogen functional groups attached to an aromatic ring is 1. The summed E-state index contributed by atoms with van der Waals surface area (Å²) in [5.41, 5.74) is 8.56. The van der Waals surface area contributed by atoms with Crippen LogP contribution < -0.4 is 15.4 Å². The monoisotopic (exact) mass is 274 g/mol. The number of hydrogen-bond donors (Lipinski definition) is 1. The largest absolute Gasteiger partial charge is 0.495 e. The van der Waals surface area contributed by atoms with E-state index in [1.165, 1.54) is 13.2 Å². The minimum absolute atomic E-state index is 0.300. The zero-order valence-electron chi connectivity index (χ0n) is 12.0. The Bertz CT molecular complexity index is 613. The predicted octanol–water partition coefficient (Wildman–Crippen LogP) is 3.88. The van der Waals surface area contributed by atoms with E-state index in [9.17, 15) is 4.39 Å². The van der Waals surface area contributed by atoms with Gasteiger partial charge in [0.1, 0.15) is 11.6 Å². The van der Waals surface area contributed by atoms with Gasteiger partial charge in [-0.3, -0.25) is 0 Å². The lowest BCUT2D eigenvalue weighted by Crippen LogP contribution is -2.17. The lowest BCUT2D eigenvalue weighted by molar-refractivity contribution is 0.416. The summed E-state index contributed by atoms with van der Waals surface area (Å²) >= 11 is 0. The molecule has 0 radical (unpaired) electrons. The maximum atomic E-state index is 14.2. The van der Waals surface area contributed by atoms with Gasteiger partial charge in [0.25, 0.3) is 0 Å². The van der Waals surface area contributed by atoms with Crippen LogP contribution >= 0.6 is 0 Å². The quantitative estimate of drug-likeness (QED) is 0.860. The van der Waals surface area contributed by atoms with Gasteiger partial charge in [0, 0.05) is 24.4 Å². The molecule has 0 bridgehead atoms. The molecule has 0 spiro atoms. The van der Waals surface area contributed by atoms with Gasteiger partial charge in [0.05, 0.1) is 18.5 Å². The highest BCUT2D eigenvalue weighted by Crippen LogP contribution is 2.34. The van der Waals surface area contributed by atoms with Crippen LogP contribution in [0.4, 0.5) is 21.5 Å². The second-order valence-corrected chi connectivity index (χ2v) is 4.63. The van der Waals surface area contributed by atoms with Crippen molar-refractivity contribution in [1.82, 2.24) is 0 Å². The molecule has 0 aliphatic heterocycles. The number of anilines is 3. The van der Waals surface area contributed by atoms with Crippen molar-refractivity contribution in [2.75, 3.05) is 24.3 Å². The Labute approximate surface area is 118 Å². The van der Waals surface area contributed by atoms with Gasteiger partial charge in [0.15, 0.2) is 0 Å². The summed E-state index contributed by atoms with van der Waals surface area (Å²) in [6.45, 7) is 4.63. The first-order valence-electron chi connectivity index (χ1n) is 6.54. The van der Waals surface area contributed by atoms with Gasteiger partial charge in [-0.05, 0) is 31.5 Å². The molecule has 0 fully saturated rings. The van der Waals surface area contributed by atoms with Crippen molar-refractivity contribution < 1.29 is 9.13 Å². The first-order chi connectivity index (χ1) is 9.56. The van der Waals surface area contributed by atoms with E-state index in [0.717, 1.165) is 11.3 Å². The van der Waals surface area contributed by atoms with E-state index in [-0.39, 0.29) is 5.82 Å². The van der Waals surface area contributed by atoms with Crippen LogP contribution in [0.5, 0.6) is 5.75 Å². The van der Waals surface area contributed by atoms with Crippen molar-refractivity contribution in [3.63, 3.8) is 0 Å². The summed E-state index contributed by atoms with van der Waals surface area (Å²) < 4.78 is 19.4. The van der Waals surface area contributed by atoms with Gasteiger partial charge >= 0.3 is 0 Å². The molecule has 0 aliphatic rings. The molecule has 0 heterocycles. The third kappa shape index (κ3) is 2.69. The first kappa shape index (κ1) is 14.2. The SMILES string of the molecule is CCN(c1cccc(C)c1)c1cc(OC)c(N)cc1F. The van der Waals surface area contributed by atoms with E-state index >= 15 is 0 Å². The highest BCUT2D eigenvalue weighted by atomic mass is 19.1. The number of nitrogens with zero attached hydrogens (tertiary/aromatic N) is 1. The Balaban J connectivity index is 2.52. The fourth-order valence-corrected chi connectivity index (χ4v) is 2.23. The van der Waals surface area contributed by atoms with Crippen molar-refractivity contribution in [2.45, 2.75) is 13.8 Å². The summed E-state index contributed by atoms with van der Waals surface area (Å²) in [5.74, 6) is 0.124. The molecular weight excluding hydrogens is 255 g/mol. The van der Waals surface area contributed by atoms with Crippen molar-refractivity contribution in [3.8, 4) is 5.75 Å². The summed E-state index contributed by atoms with van der Waals surface area (Å²) in [6.07, 6.45) is 0. The summed E-state index contributed by atoms with van der Waals surface area (Å²) in [4.78, 5) is 1.89. The van der Waals surface area contributed by atoms with Crippen LogP contribution in [0.15, 0.2) is 36.4 Å². The van der Waals surface area contributed by atoms with Crippen LogP contribution in [-0.2, 0) is 0 Å². The Morgan fingerprint density at radius 1 is 1.25 bits per heavy atom. The molecule has 0 unspecified atom stereocenters. The minimum atomic E-state index is -0.355. The number of aryl methyl sites for hydroxylation is 1. The molecular formula is C16H19FN2O. The minimum Gasteiger partial charge on any atom is -0.495 e. The molecule has 20 heavy (non-hydrogen) atoms. The number of methoxy groups -OCH3 is 1. The summed E-state index contributed by atoms with van der Waals surface area (Å²) in [7, 11) is 1.52. The zero-order valence-corrected chi connectivity index (χ0v) is 12.0. The molecule has 0 atom stereocenters. The fraction of sp³-hybridized carbons (Fsp3) is 0.250. The predicted molar refractivity (Wildman–Crippen MR) is 81.2 cm³/mol. The van der Waals surface area contributed by atoms with Gasteiger partial charge < -0.3 is 15.4 Å². The lowest BCUT2D eigenvalue weighted by atomic mass is 10.1. The topological polar surface area (TPSA) is 38.5 Å². The maximum Gasteiger partial charge on any atom is 0.149 e. The molecule has 0 saturated heterocycles. The molecule has 2 rings (SSSR count). The van der Waals surface area contributed by atoms with Crippen LogP contribution in [0, 0.1) is 12.7 Å². The Morgan fingerprint density at radius 2 is 2.00 bits per heavy atom. The molecule has 0 saturated carbocycles. The average molecular weight is 274 g/mol. The van der Waals surface area contributed by atoms with E-state index in [1.54, 1.807) is 6.07 Å². The van der Waals surface area contributed by atoms with Gasteiger partial charge in [0.2, 0.25) is 0 Å². The van der Waals surface area contributed by atoms with E-state index in [0.29, 0.717) is 23.7 Å². The number of benzene rings is 2.